The van der Waals surface area contributed by atoms with Crippen molar-refractivity contribution in [3.63, 3.8) is 0 Å². The second kappa shape index (κ2) is 18.4. The number of hydrogen-bond acceptors (Lipinski definition) is 8. The minimum Gasteiger partial charge on any atom is -0.508 e. The third kappa shape index (κ3) is 11.9. The molecule has 50 heavy (non-hydrogen) atoms. The highest BCUT2D eigenvalue weighted by Gasteiger charge is 2.23. The molecule has 1 aliphatic rings. The average molecular weight is 706 g/mol. The molecule has 0 spiro atoms. The highest BCUT2D eigenvalue weighted by atomic mass is 32.2. The summed E-state index contributed by atoms with van der Waals surface area (Å²) in [6.07, 6.45) is 11.2. The van der Waals surface area contributed by atoms with Crippen LogP contribution in [-0.2, 0) is 22.9 Å². The molecule has 9 nitrogen and oxygen atoms in total. The fourth-order valence-corrected chi connectivity index (χ4v) is 7.12. The zero-order valence-electron chi connectivity index (χ0n) is 30.1. The molecule has 5 N–H and O–H groups in total. The van der Waals surface area contributed by atoms with E-state index in [-0.39, 0.29) is 23.9 Å². The topological polar surface area (TPSA) is 131 Å². The van der Waals surface area contributed by atoms with E-state index in [2.05, 4.69) is 66.9 Å². The van der Waals surface area contributed by atoms with Gasteiger partial charge in [0.15, 0.2) is 0 Å². The largest absolute Gasteiger partial charge is 0.508 e. The van der Waals surface area contributed by atoms with Crippen molar-refractivity contribution in [1.82, 2.24) is 10.2 Å². The van der Waals surface area contributed by atoms with Gasteiger partial charge in [0, 0.05) is 36.5 Å². The lowest BCUT2D eigenvalue weighted by Crippen LogP contribution is -2.38. The first-order valence-electron chi connectivity index (χ1n) is 17.6. The number of anilines is 1. The SMILES string of the molecule is CC(C)N(CC[C@H](C1=CC=CCC1)c1cc(CCOc2ccc(CCNC[C@H](O)c3ccc(O)c(NS(C)(=O)=O)c3)cc2)ccc1O)C(C)C. The van der Waals surface area contributed by atoms with Gasteiger partial charge >= 0.3 is 0 Å². The Labute approximate surface area is 298 Å². The second-order valence-electron chi connectivity index (χ2n) is 13.7. The Morgan fingerprint density at radius 3 is 2.26 bits per heavy atom. The summed E-state index contributed by atoms with van der Waals surface area (Å²) in [5.41, 5.74) is 5.16. The normalized spacial score (nSPS) is 14.6. The number of phenols is 2. The quantitative estimate of drug-likeness (QED) is 0.0678. The predicted molar refractivity (Wildman–Crippen MR) is 203 cm³/mol. The molecule has 0 amide bonds. The molecule has 3 aromatic carbocycles. The molecule has 0 radical (unpaired) electrons. The number of nitrogens with one attached hydrogen (secondary N) is 2. The monoisotopic (exact) mass is 705 g/mol. The first-order valence-corrected chi connectivity index (χ1v) is 19.5. The lowest BCUT2D eigenvalue weighted by molar-refractivity contribution is 0.170. The van der Waals surface area contributed by atoms with Crippen LogP contribution in [0.5, 0.6) is 17.2 Å². The molecular weight excluding hydrogens is 651 g/mol. The fourth-order valence-electron chi connectivity index (χ4n) is 6.55. The van der Waals surface area contributed by atoms with Crippen molar-refractivity contribution in [3.8, 4) is 17.2 Å². The van der Waals surface area contributed by atoms with Gasteiger partial charge in [0.05, 0.1) is 24.7 Å². The maximum absolute atomic E-state index is 11.5. The molecule has 4 rings (SSSR count). The lowest BCUT2D eigenvalue weighted by Gasteiger charge is -2.33. The van der Waals surface area contributed by atoms with Gasteiger partial charge in [-0.1, -0.05) is 54.1 Å². The van der Waals surface area contributed by atoms with E-state index in [4.69, 9.17) is 4.74 Å². The van der Waals surface area contributed by atoms with Crippen LogP contribution < -0.4 is 14.8 Å². The van der Waals surface area contributed by atoms with Crippen LogP contribution in [0.1, 0.15) is 81.2 Å². The summed E-state index contributed by atoms with van der Waals surface area (Å²) in [6, 6.07) is 19.3. The van der Waals surface area contributed by atoms with Crippen LogP contribution >= 0.6 is 0 Å². The Kier molecular flexibility index (Phi) is 14.4. The average Bonchev–Trinajstić information content (AvgIpc) is 3.07. The Balaban J connectivity index is 1.27. The van der Waals surface area contributed by atoms with Gasteiger partial charge in [0.1, 0.15) is 17.2 Å². The minimum absolute atomic E-state index is 0.0315. The molecule has 10 heteroatoms. The minimum atomic E-state index is -3.56. The number of benzene rings is 3. The summed E-state index contributed by atoms with van der Waals surface area (Å²) < 4.78 is 31.4. The summed E-state index contributed by atoms with van der Waals surface area (Å²) >= 11 is 0. The predicted octanol–water partition coefficient (Wildman–Crippen LogP) is 6.83. The van der Waals surface area contributed by atoms with Gasteiger partial charge in [0.25, 0.3) is 0 Å². The Hall–Kier alpha value is -3.83. The van der Waals surface area contributed by atoms with E-state index in [1.807, 2.05) is 36.4 Å². The van der Waals surface area contributed by atoms with Gasteiger partial charge in [0.2, 0.25) is 10.0 Å². The van der Waals surface area contributed by atoms with Crippen LogP contribution in [0.4, 0.5) is 5.69 Å². The molecule has 2 atom stereocenters. The van der Waals surface area contributed by atoms with Crippen LogP contribution in [0.2, 0.25) is 0 Å². The van der Waals surface area contributed by atoms with Gasteiger partial charge in [-0.2, -0.15) is 0 Å². The van der Waals surface area contributed by atoms with Gasteiger partial charge in [-0.05, 0) is 113 Å². The van der Waals surface area contributed by atoms with Crippen molar-refractivity contribution in [1.29, 1.82) is 0 Å². The highest BCUT2D eigenvalue weighted by Crippen LogP contribution is 2.38. The number of ether oxygens (including phenoxy) is 1. The summed E-state index contributed by atoms with van der Waals surface area (Å²) in [7, 11) is -3.56. The summed E-state index contributed by atoms with van der Waals surface area (Å²) in [5, 5.41) is 34.8. The number of rotatable bonds is 19. The first kappa shape index (κ1) is 39.0. The summed E-state index contributed by atoms with van der Waals surface area (Å²) in [5.74, 6) is 1.10. The molecule has 0 aromatic heterocycles. The number of sulfonamides is 1. The third-order valence-corrected chi connectivity index (χ3v) is 9.77. The van der Waals surface area contributed by atoms with Gasteiger partial charge in [-0.25, -0.2) is 8.42 Å². The Bertz CT molecular complexity index is 1690. The molecule has 0 unspecified atom stereocenters. The number of aromatic hydroxyl groups is 2. The summed E-state index contributed by atoms with van der Waals surface area (Å²) in [6.45, 7) is 11.4. The van der Waals surface area contributed by atoms with Crippen molar-refractivity contribution in [2.24, 2.45) is 0 Å². The van der Waals surface area contributed by atoms with Crippen LogP contribution in [0.3, 0.4) is 0 Å². The van der Waals surface area contributed by atoms with Crippen molar-refractivity contribution >= 4 is 15.7 Å². The molecule has 0 aliphatic heterocycles. The van der Waals surface area contributed by atoms with Crippen molar-refractivity contribution < 1.29 is 28.5 Å². The molecule has 0 bridgehead atoms. The van der Waals surface area contributed by atoms with Crippen molar-refractivity contribution in [2.75, 3.05) is 37.2 Å². The van der Waals surface area contributed by atoms with Gasteiger partial charge in [-0.3, -0.25) is 9.62 Å². The van der Waals surface area contributed by atoms with E-state index in [9.17, 15) is 23.7 Å². The van der Waals surface area contributed by atoms with Crippen LogP contribution in [0.25, 0.3) is 0 Å². The van der Waals surface area contributed by atoms with Crippen LogP contribution in [0, 0.1) is 0 Å². The van der Waals surface area contributed by atoms with Crippen LogP contribution in [0.15, 0.2) is 84.5 Å². The van der Waals surface area contributed by atoms with E-state index in [0.29, 0.717) is 36.5 Å². The Morgan fingerprint density at radius 2 is 1.60 bits per heavy atom. The maximum Gasteiger partial charge on any atom is 0.229 e. The zero-order valence-corrected chi connectivity index (χ0v) is 30.9. The molecule has 272 valence electrons. The molecule has 3 aromatic rings. The number of phenolic OH excluding ortho intramolecular Hbond substituents is 2. The third-order valence-electron chi connectivity index (χ3n) is 9.18. The van der Waals surface area contributed by atoms with E-state index < -0.39 is 16.1 Å². The van der Waals surface area contributed by atoms with E-state index >= 15 is 0 Å². The number of hydrogen-bond donors (Lipinski definition) is 5. The lowest BCUT2D eigenvalue weighted by atomic mass is 9.82. The van der Waals surface area contributed by atoms with Crippen LogP contribution in [-0.4, -0.2) is 73.2 Å². The molecule has 1 aliphatic carbocycles. The Morgan fingerprint density at radius 1 is 0.900 bits per heavy atom. The smallest absolute Gasteiger partial charge is 0.229 e. The zero-order chi connectivity index (χ0) is 36.3. The fraction of sp³-hybridized carbons (Fsp3) is 0.450. The maximum atomic E-state index is 11.5. The van der Waals surface area contributed by atoms with E-state index in [0.717, 1.165) is 67.3 Å². The second-order valence-corrected chi connectivity index (χ2v) is 15.5. The molecular formula is C40H55N3O6S. The van der Waals surface area contributed by atoms with Crippen molar-refractivity contribution in [3.05, 3.63) is 107 Å². The number of allylic oxidation sites excluding steroid dienone is 4. The molecule has 0 fully saturated rings. The molecule has 0 heterocycles. The highest BCUT2D eigenvalue weighted by molar-refractivity contribution is 7.92. The molecule has 0 saturated carbocycles. The summed E-state index contributed by atoms with van der Waals surface area (Å²) in [4.78, 5) is 2.52. The van der Waals surface area contributed by atoms with Gasteiger partial charge in [-0.15, -0.1) is 0 Å². The van der Waals surface area contributed by atoms with E-state index in [1.54, 1.807) is 6.07 Å². The van der Waals surface area contributed by atoms with Gasteiger partial charge < -0.3 is 25.4 Å². The number of aliphatic hydroxyl groups is 1. The molecule has 0 saturated heterocycles. The van der Waals surface area contributed by atoms with E-state index in [1.165, 1.54) is 17.7 Å². The standard InChI is InChI=1S/C40H55N3O6S/c1-28(2)43(29(3)4)23-20-35(32-9-7-6-8-10-32)36-25-31(13-17-38(36)44)21-24-49-34-15-11-30(12-16-34)19-22-41-27-40(46)33-14-18-39(45)37(26-33)42-50(5,47)48/h6-7,9,11-18,25-26,28-29,35,40-42,44-46H,8,10,19-24,27H2,1-5H3/t35-,40+/m1/s1. The number of aliphatic hydroxyl groups excluding tert-OH is 1. The first-order chi connectivity index (χ1) is 23.8. The number of nitrogens with zero attached hydrogens (tertiary/aromatic N) is 1. The van der Waals surface area contributed by atoms with Crippen molar-refractivity contribution in [2.45, 2.75) is 83.9 Å².